The van der Waals surface area contributed by atoms with Gasteiger partial charge in [-0.05, 0) is 63.0 Å². The Hall–Kier alpha value is -1.22. The van der Waals surface area contributed by atoms with Crippen molar-refractivity contribution in [3.63, 3.8) is 0 Å². The first-order chi connectivity index (χ1) is 14.0. The van der Waals surface area contributed by atoms with Crippen LogP contribution in [0.2, 0.25) is 0 Å². The van der Waals surface area contributed by atoms with Gasteiger partial charge in [-0.15, -0.1) is 0 Å². The largest absolute Gasteiger partial charge is 0.390 e. The maximum Gasteiger partial charge on any atom is 0.184 e. The minimum absolute atomic E-state index is 0.0579. The Kier molecular flexibility index (Phi) is 11.8. The molecule has 30 heavy (non-hydrogen) atoms. The van der Waals surface area contributed by atoms with Gasteiger partial charge in [0.15, 0.2) is 11.6 Å². The molecule has 0 saturated carbocycles. The summed E-state index contributed by atoms with van der Waals surface area (Å²) < 4.78 is 0. The molecule has 0 heterocycles. The minimum atomic E-state index is -0.788. The summed E-state index contributed by atoms with van der Waals surface area (Å²) in [5.74, 6) is 2.16. The van der Waals surface area contributed by atoms with Crippen LogP contribution in [0.5, 0.6) is 0 Å². The highest BCUT2D eigenvalue weighted by molar-refractivity contribution is 6.19. The molecule has 0 aromatic carbocycles. The third kappa shape index (κ3) is 11.2. The second kappa shape index (κ2) is 13.2. The zero-order chi connectivity index (χ0) is 22.7. The van der Waals surface area contributed by atoms with Crippen LogP contribution >= 0.6 is 0 Å². The second-order valence-corrected chi connectivity index (χ2v) is 10.6. The van der Waals surface area contributed by atoms with Crippen molar-refractivity contribution in [2.24, 2.45) is 17.8 Å². The van der Waals surface area contributed by atoms with Crippen molar-refractivity contribution in [3.8, 4) is 0 Å². The Labute approximate surface area is 185 Å². The molecule has 3 heteroatoms. The van der Waals surface area contributed by atoms with Gasteiger partial charge in [0, 0.05) is 11.1 Å². The molecule has 1 aliphatic carbocycles. The van der Waals surface area contributed by atoms with Crippen LogP contribution in [-0.4, -0.2) is 22.3 Å². The zero-order valence-electron chi connectivity index (χ0n) is 20.4. The van der Waals surface area contributed by atoms with E-state index in [1.165, 1.54) is 50.7 Å². The summed E-state index contributed by atoms with van der Waals surface area (Å²) in [6.07, 6.45) is 14.6. The molecule has 172 valence electrons. The molecule has 0 spiro atoms. The lowest BCUT2D eigenvalue weighted by molar-refractivity contribution is -0.115. The predicted molar refractivity (Wildman–Crippen MR) is 126 cm³/mol. The summed E-state index contributed by atoms with van der Waals surface area (Å²) in [5.41, 5.74) is 0.250. The van der Waals surface area contributed by atoms with E-state index in [0.29, 0.717) is 29.9 Å². The molecule has 2 unspecified atom stereocenters. The van der Waals surface area contributed by atoms with E-state index in [9.17, 15) is 14.7 Å². The lowest BCUT2D eigenvalue weighted by atomic mass is 9.86. The van der Waals surface area contributed by atoms with E-state index < -0.39 is 5.60 Å². The molecule has 1 N–H and O–H groups in total. The molecule has 0 amide bonds. The van der Waals surface area contributed by atoms with Gasteiger partial charge < -0.3 is 5.11 Å². The number of hydrogen-bond acceptors (Lipinski definition) is 3. The molecule has 0 aromatic heterocycles. The third-order valence-corrected chi connectivity index (χ3v) is 6.54. The number of carbonyl (C=O) groups excluding carboxylic acids is 2. The van der Waals surface area contributed by atoms with Crippen LogP contribution in [0.1, 0.15) is 112 Å². The molecular weight excluding hydrogens is 372 g/mol. The second-order valence-electron chi connectivity index (χ2n) is 10.6. The van der Waals surface area contributed by atoms with E-state index in [2.05, 4.69) is 27.7 Å². The average Bonchev–Trinajstić information content (AvgIpc) is 2.63. The molecule has 0 saturated heterocycles. The Bertz CT molecular complexity index is 610. The molecule has 1 rings (SSSR count). The van der Waals surface area contributed by atoms with Crippen LogP contribution in [0.4, 0.5) is 0 Å². The fraction of sp³-hybridized carbons (Fsp3) is 0.778. The van der Waals surface area contributed by atoms with E-state index in [-0.39, 0.29) is 11.6 Å². The number of Topliss-reactive ketones (excluding diaryl/α,β-unsaturated/α-hetero) is 1. The van der Waals surface area contributed by atoms with Crippen LogP contribution in [0.15, 0.2) is 23.3 Å². The maximum absolute atomic E-state index is 12.2. The minimum Gasteiger partial charge on any atom is -0.390 e. The smallest absolute Gasteiger partial charge is 0.184 e. The fourth-order valence-electron chi connectivity index (χ4n) is 4.34. The first-order valence-electron chi connectivity index (χ1n) is 12.2. The Morgan fingerprint density at radius 1 is 0.833 bits per heavy atom. The topological polar surface area (TPSA) is 54.4 Å². The fourth-order valence-corrected chi connectivity index (χ4v) is 4.34. The van der Waals surface area contributed by atoms with Crippen LogP contribution < -0.4 is 0 Å². The number of hydrogen-bond donors (Lipinski definition) is 1. The molecule has 0 aromatic rings. The third-order valence-electron chi connectivity index (χ3n) is 6.54. The molecule has 0 fully saturated rings. The van der Waals surface area contributed by atoms with Crippen LogP contribution in [-0.2, 0) is 9.59 Å². The summed E-state index contributed by atoms with van der Waals surface area (Å²) >= 11 is 0. The van der Waals surface area contributed by atoms with Gasteiger partial charge in [0.2, 0.25) is 0 Å². The van der Waals surface area contributed by atoms with E-state index in [0.717, 1.165) is 31.1 Å². The zero-order valence-corrected chi connectivity index (χ0v) is 20.4. The standard InChI is InChI=1S/C27H46O3/c1-20(2)10-7-11-21(3)12-8-13-22(4)14-9-16-27(6,30)17-15-24-19-25(28)18-23(5)26(24)29/h18-22,30H,7-17H2,1-6H3/t21?,22?,27-/m1/s1. The van der Waals surface area contributed by atoms with Crippen molar-refractivity contribution in [1.82, 2.24) is 0 Å². The van der Waals surface area contributed by atoms with Gasteiger partial charge in [0.05, 0.1) is 5.60 Å². The molecule has 0 bridgehead atoms. The van der Waals surface area contributed by atoms with Gasteiger partial charge in [-0.2, -0.15) is 0 Å². The van der Waals surface area contributed by atoms with Gasteiger partial charge in [-0.25, -0.2) is 0 Å². The molecule has 3 nitrogen and oxygen atoms in total. The van der Waals surface area contributed by atoms with Gasteiger partial charge in [-0.3, -0.25) is 9.59 Å². The summed E-state index contributed by atoms with van der Waals surface area (Å²) in [4.78, 5) is 23.8. The number of allylic oxidation sites excluding steroid dienone is 4. The van der Waals surface area contributed by atoms with E-state index in [1.54, 1.807) is 6.92 Å². The van der Waals surface area contributed by atoms with Crippen molar-refractivity contribution < 1.29 is 14.7 Å². The van der Waals surface area contributed by atoms with Crippen molar-refractivity contribution in [1.29, 1.82) is 0 Å². The van der Waals surface area contributed by atoms with Crippen LogP contribution in [0.25, 0.3) is 0 Å². The van der Waals surface area contributed by atoms with E-state index >= 15 is 0 Å². The van der Waals surface area contributed by atoms with Crippen LogP contribution in [0.3, 0.4) is 0 Å². The molecule has 3 atom stereocenters. The number of rotatable bonds is 15. The number of ketones is 2. The SMILES string of the molecule is CC1=CC(=O)C=C(CC[C@](C)(O)CCCC(C)CCCC(C)CCCC(C)C)C1=O. The molecule has 0 radical (unpaired) electrons. The van der Waals surface area contributed by atoms with Crippen molar-refractivity contribution >= 4 is 11.6 Å². The lowest BCUT2D eigenvalue weighted by Crippen LogP contribution is -2.25. The summed E-state index contributed by atoms with van der Waals surface area (Å²) in [6, 6.07) is 0. The maximum atomic E-state index is 12.2. The Morgan fingerprint density at radius 2 is 1.37 bits per heavy atom. The van der Waals surface area contributed by atoms with Gasteiger partial charge >= 0.3 is 0 Å². The lowest BCUT2D eigenvalue weighted by Gasteiger charge is -2.25. The first kappa shape index (κ1) is 26.8. The van der Waals surface area contributed by atoms with Crippen molar-refractivity contribution in [2.75, 3.05) is 0 Å². The van der Waals surface area contributed by atoms with Crippen molar-refractivity contribution in [2.45, 2.75) is 118 Å². The highest BCUT2D eigenvalue weighted by atomic mass is 16.3. The Balaban J connectivity index is 2.20. The molecule has 0 aliphatic heterocycles. The quantitative estimate of drug-likeness (QED) is 0.292. The highest BCUT2D eigenvalue weighted by Crippen LogP contribution is 2.27. The first-order valence-corrected chi connectivity index (χ1v) is 12.2. The number of carbonyl (C=O) groups is 2. The summed E-state index contributed by atoms with van der Waals surface area (Å²) in [7, 11) is 0. The van der Waals surface area contributed by atoms with Gasteiger partial charge in [0.1, 0.15) is 0 Å². The predicted octanol–water partition coefficient (Wildman–Crippen LogP) is 6.98. The highest BCUT2D eigenvalue weighted by Gasteiger charge is 2.24. The molecular formula is C27H46O3. The summed E-state index contributed by atoms with van der Waals surface area (Å²) in [6.45, 7) is 12.9. The number of aliphatic hydroxyl groups is 1. The van der Waals surface area contributed by atoms with Gasteiger partial charge in [-0.1, -0.05) is 79.1 Å². The average molecular weight is 419 g/mol. The van der Waals surface area contributed by atoms with Gasteiger partial charge in [0.25, 0.3) is 0 Å². The van der Waals surface area contributed by atoms with E-state index in [4.69, 9.17) is 0 Å². The normalized spacial score (nSPS) is 18.8. The summed E-state index contributed by atoms with van der Waals surface area (Å²) in [5, 5.41) is 10.7. The monoisotopic (exact) mass is 418 g/mol. The Morgan fingerprint density at radius 3 is 1.93 bits per heavy atom. The van der Waals surface area contributed by atoms with E-state index in [1.807, 2.05) is 6.92 Å². The van der Waals surface area contributed by atoms with Crippen molar-refractivity contribution in [3.05, 3.63) is 23.3 Å². The van der Waals surface area contributed by atoms with Crippen LogP contribution in [0, 0.1) is 17.8 Å². The molecule has 1 aliphatic rings.